The molecule has 1 aliphatic rings. The van der Waals surface area contributed by atoms with Gasteiger partial charge in [-0.15, -0.1) is 0 Å². The van der Waals surface area contributed by atoms with Crippen LogP contribution in [0.5, 0.6) is 0 Å². The van der Waals surface area contributed by atoms with E-state index in [4.69, 9.17) is 0 Å². The lowest BCUT2D eigenvalue weighted by molar-refractivity contribution is 0.0537. The van der Waals surface area contributed by atoms with Gasteiger partial charge in [0.2, 0.25) is 0 Å². The van der Waals surface area contributed by atoms with Gasteiger partial charge in [0.25, 0.3) is 0 Å². The highest BCUT2D eigenvalue weighted by molar-refractivity contribution is 14.1. The second-order valence-corrected chi connectivity index (χ2v) is 4.19. The number of nitrogens with zero attached hydrogens (tertiary/aromatic N) is 1. The average Bonchev–Trinajstić information content (AvgIpc) is 1.93. The van der Waals surface area contributed by atoms with Crippen LogP contribution in [0, 0.1) is 0 Å². The summed E-state index contributed by atoms with van der Waals surface area (Å²) in [6, 6.07) is 0.948. The Morgan fingerprint density at radius 2 is 2.00 bits per heavy atom. The number of rotatable bonds is 0. The fourth-order valence-corrected chi connectivity index (χ4v) is 1.99. The number of aliphatic hydroxyl groups is 1. The van der Waals surface area contributed by atoms with Crippen LogP contribution in [-0.4, -0.2) is 26.4 Å². The molecule has 0 bridgehead atoms. The van der Waals surface area contributed by atoms with Crippen LogP contribution in [0.25, 0.3) is 0 Å². The topological polar surface area (TPSA) is 23.5 Å². The molecular weight excluding hydrogens is 241 g/mol. The molecule has 3 atom stereocenters. The zero-order chi connectivity index (χ0) is 7.72. The summed E-state index contributed by atoms with van der Waals surface area (Å²) in [5, 5.41) is 9.42. The fraction of sp³-hybridized carbons (Fsp3) is 1.00. The quantitative estimate of drug-likeness (QED) is 0.524. The molecular formula is C7H14INO. The average molecular weight is 255 g/mol. The summed E-state index contributed by atoms with van der Waals surface area (Å²) >= 11 is 2.30. The molecule has 10 heavy (non-hydrogen) atoms. The van der Waals surface area contributed by atoms with Gasteiger partial charge in [0, 0.05) is 34.9 Å². The minimum absolute atomic E-state index is 0.118. The molecule has 1 saturated heterocycles. The highest BCUT2D eigenvalue weighted by Gasteiger charge is 2.29. The van der Waals surface area contributed by atoms with E-state index in [1.54, 1.807) is 0 Å². The number of hydrogen-bond acceptors (Lipinski definition) is 2. The molecule has 0 spiro atoms. The van der Waals surface area contributed by atoms with Crippen LogP contribution < -0.4 is 0 Å². The zero-order valence-corrected chi connectivity index (χ0v) is 8.58. The van der Waals surface area contributed by atoms with E-state index in [0.717, 1.165) is 12.8 Å². The standard InChI is InChI=1S/C7H14INO/c1-5-3-4-7(10)6(2)9(5)8/h5-7,10H,3-4H2,1-2H3. The van der Waals surface area contributed by atoms with E-state index in [1.165, 1.54) is 0 Å². The summed E-state index contributed by atoms with van der Waals surface area (Å²) in [5.41, 5.74) is 0. The highest BCUT2D eigenvalue weighted by Crippen LogP contribution is 2.25. The summed E-state index contributed by atoms with van der Waals surface area (Å²) < 4.78 is 2.21. The van der Waals surface area contributed by atoms with Crippen LogP contribution in [0.1, 0.15) is 26.7 Å². The van der Waals surface area contributed by atoms with Crippen molar-refractivity contribution in [1.82, 2.24) is 3.11 Å². The first kappa shape index (κ1) is 8.74. The molecule has 1 aliphatic heterocycles. The van der Waals surface area contributed by atoms with Crippen LogP contribution in [0.2, 0.25) is 0 Å². The molecule has 1 rings (SSSR count). The summed E-state index contributed by atoms with van der Waals surface area (Å²) in [6.07, 6.45) is 1.96. The van der Waals surface area contributed by atoms with E-state index in [2.05, 4.69) is 39.8 Å². The molecule has 2 nitrogen and oxygen atoms in total. The van der Waals surface area contributed by atoms with Crippen molar-refractivity contribution in [3.8, 4) is 0 Å². The molecule has 0 saturated carbocycles. The Bertz CT molecular complexity index is 106. The predicted octanol–water partition coefficient (Wildman–Crippen LogP) is 1.57. The third kappa shape index (κ3) is 1.62. The van der Waals surface area contributed by atoms with Crippen LogP contribution in [-0.2, 0) is 0 Å². The van der Waals surface area contributed by atoms with E-state index in [1.807, 2.05) is 0 Å². The number of hydrogen-bond donors (Lipinski definition) is 1. The minimum atomic E-state index is -0.118. The van der Waals surface area contributed by atoms with Gasteiger partial charge in [0.15, 0.2) is 0 Å². The van der Waals surface area contributed by atoms with E-state index in [0.29, 0.717) is 12.1 Å². The maximum atomic E-state index is 9.42. The van der Waals surface area contributed by atoms with Crippen LogP contribution in [0.4, 0.5) is 0 Å². The second kappa shape index (κ2) is 3.36. The molecule has 3 heteroatoms. The van der Waals surface area contributed by atoms with E-state index in [9.17, 15) is 5.11 Å². The van der Waals surface area contributed by atoms with Crippen molar-refractivity contribution in [1.29, 1.82) is 0 Å². The molecule has 0 amide bonds. The Morgan fingerprint density at radius 1 is 1.40 bits per heavy atom. The summed E-state index contributed by atoms with van der Waals surface area (Å²) in [5.74, 6) is 0. The summed E-state index contributed by atoms with van der Waals surface area (Å²) in [4.78, 5) is 0. The molecule has 1 heterocycles. The van der Waals surface area contributed by atoms with Gasteiger partial charge in [-0.05, 0) is 26.7 Å². The molecule has 0 aromatic carbocycles. The van der Waals surface area contributed by atoms with Crippen molar-refractivity contribution in [3.05, 3.63) is 0 Å². The minimum Gasteiger partial charge on any atom is -0.391 e. The largest absolute Gasteiger partial charge is 0.391 e. The maximum Gasteiger partial charge on any atom is 0.0701 e. The molecule has 60 valence electrons. The number of halogens is 1. The maximum absolute atomic E-state index is 9.42. The molecule has 0 aromatic heterocycles. The molecule has 0 aromatic rings. The van der Waals surface area contributed by atoms with Gasteiger partial charge in [-0.2, -0.15) is 0 Å². The van der Waals surface area contributed by atoms with E-state index >= 15 is 0 Å². The van der Waals surface area contributed by atoms with Crippen molar-refractivity contribution >= 4 is 22.9 Å². The lowest BCUT2D eigenvalue weighted by atomic mass is 9.98. The zero-order valence-electron chi connectivity index (χ0n) is 6.42. The number of piperidine rings is 1. The summed E-state index contributed by atoms with van der Waals surface area (Å²) in [6.45, 7) is 4.28. The van der Waals surface area contributed by atoms with Gasteiger partial charge in [-0.3, -0.25) is 0 Å². The molecule has 1 fully saturated rings. The lowest BCUT2D eigenvalue weighted by Crippen LogP contribution is -2.45. The van der Waals surface area contributed by atoms with Crippen molar-refractivity contribution in [2.45, 2.75) is 44.9 Å². The van der Waals surface area contributed by atoms with Gasteiger partial charge in [-0.1, -0.05) is 0 Å². The van der Waals surface area contributed by atoms with Gasteiger partial charge >= 0.3 is 0 Å². The van der Waals surface area contributed by atoms with E-state index < -0.39 is 0 Å². The molecule has 0 radical (unpaired) electrons. The van der Waals surface area contributed by atoms with Crippen molar-refractivity contribution in [2.24, 2.45) is 0 Å². The number of aliphatic hydroxyl groups excluding tert-OH is 1. The summed E-state index contributed by atoms with van der Waals surface area (Å²) in [7, 11) is 0. The Morgan fingerprint density at radius 3 is 2.50 bits per heavy atom. The van der Waals surface area contributed by atoms with Gasteiger partial charge in [0.05, 0.1) is 6.10 Å². The second-order valence-electron chi connectivity index (χ2n) is 3.08. The molecule has 3 unspecified atom stereocenters. The Balaban J connectivity index is 2.52. The Kier molecular flexibility index (Phi) is 2.94. The van der Waals surface area contributed by atoms with Gasteiger partial charge in [0.1, 0.15) is 0 Å². The smallest absolute Gasteiger partial charge is 0.0701 e. The first-order chi connectivity index (χ1) is 4.63. The van der Waals surface area contributed by atoms with Crippen LogP contribution >= 0.6 is 22.9 Å². The Hall–Kier alpha value is 0.650. The predicted molar refractivity (Wildman–Crippen MR) is 50.0 cm³/mol. The lowest BCUT2D eigenvalue weighted by Gasteiger charge is -2.37. The first-order valence-electron chi connectivity index (χ1n) is 3.75. The van der Waals surface area contributed by atoms with Crippen molar-refractivity contribution in [3.63, 3.8) is 0 Å². The highest BCUT2D eigenvalue weighted by atomic mass is 127. The van der Waals surface area contributed by atoms with Crippen molar-refractivity contribution < 1.29 is 5.11 Å². The van der Waals surface area contributed by atoms with Crippen LogP contribution in [0.15, 0.2) is 0 Å². The fourth-order valence-electron chi connectivity index (χ4n) is 1.34. The first-order valence-corrected chi connectivity index (χ1v) is 4.71. The van der Waals surface area contributed by atoms with Crippen molar-refractivity contribution in [2.75, 3.05) is 0 Å². The SMILES string of the molecule is CC1CCC(O)C(C)N1I. The van der Waals surface area contributed by atoms with Gasteiger partial charge < -0.3 is 5.11 Å². The monoisotopic (exact) mass is 255 g/mol. The Labute approximate surface area is 76.1 Å². The van der Waals surface area contributed by atoms with Gasteiger partial charge in [-0.25, -0.2) is 3.11 Å². The third-order valence-electron chi connectivity index (χ3n) is 2.25. The third-order valence-corrected chi connectivity index (χ3v) is 4.08. The van der Waals surface area contributed by atoms with Crippen LogP contribution in [0.3, 0.4) is 0 Å². The molecule has 0 aliphatic carbocycles. The molecule has 1 N–H and O–H groups in total. The normalized spacial score (nSPS) is 43.8. The van der Waals surface area contributed by atoms with E-state index in [-0.39, 0.29) is 6.10 Å².